The van der Waals surface area contributed by atoms with Crippen molar-refractivity contribution in [2.45, 2.75) is 50.7 Å². The summed E-state index contributed by atoms with van der Waals surface area (Å²) in [6.45, 7) is 1.94. The maximum Gasteiger partial charge on any atom is 0.243 e. The number of halogens is 1. The quantitative estimate of drug-likeness (QED) is 0.488. The highest BCUT2D eigenvalue weighted by Crippen LogP contribution is 2.40. The molecule has 2 aliphatic heterocycles. The van der Waals surface area contributed by atoms with E-state index in [4.69, 9.17) is 4.98 Å². The van der Waals surface area contributed by atoms with Crippen molar-refractivity contribution >= 4 is 28.3 Å². The van der Waals surface area contributed by atoms with Gasteiger partial charge in [0.25, 0.3) is 0 Å². The van der Waals surface area contributed by atoms with Gasteiger partial charge < -0.3 is 10.2 Å². The number of benzene rings is 1. The first-order chi connectivity index (χ1) is 16.1. The fourth-order valence-corrected chi connectivity index (χ4v) is 5.97. The molecule has 2 atom stereocenters. The summed E-state index contributed by atoms with van der Waals surface area (Å²) in [5, 5.41) is 18.4. The summed E-state index contributed by atoms with van der Waals surface area (Å²) in [7, 11) is 0. The molecular weight excluding hydrogens is 439 g/mol. The van der Waals surface area contributed by atoms with Gasteiger partial charge in [0.1, 0.15) is 17.7 Å². The van der Waals surface area contributed by atoms with Crippen LogP contribution >= 0.6 is 11.5 Å². The number of hydrogen-bond acceptors (Lipinski definition) is 8. The zero-order chi connectivity index (χ0) is 22.5. The number of fused-ring (bicyclic) bond motifs is 3. The minimum atomic E-state index is -0.526. The number of aromatic nitrogens is 5. The summed E-state index contributed by atoms with van der Waals surface area (Å²) < 4.78 is 19.9. The fraction of sp³-hybridized carbons (Fsp3) is 0.348. The second-order valence-corrected chi connectivity index (χ2v) is 9.39. The Labute approximate surface area is 193 Å². The van der Waals surface area contributed by atoms with Gasteiger partial charge in [0, 0.05) is 41.4 Å². The highest BCUT2D eigenvalue weighted by atomic mass is 32.1. The van der Waals surface area contributed by atoms with E-state index in [1.807, 2.05) is 31.3 Å². The molecule has 4 aromatic rings. The first-order valence-electron chi connectivity index (χ1n) is 11.0. The number of anilines is 2. The van der Waals surface area contributed by atoms with E-state index in [9.17, 15) is 9.65 Å². The van der Waals surface area contributed by atoms with Crippen molar-refractivity contribution in [2.75, 3.05) is 10.2 Å². The molecule has 0 aliphatic carbocycles. The first kappa shape index (κ1) is 20.1. The number of rotatable bonds is 4. The Balaban J connectivity index is 1.25. The van der Waals surface area contributed by atoms with Gasteiger partial charge in [-0.25, -0.2) is 13.9 Å². The molecule has 2 bridgehead atoms. The van der Waals surface area contributed by atoms with Crippen molar-refractivity contribution in [2.24, 2.45) is 0 Å². The van der Waals surface area contributed by atoms with Crippen LogP contribution in [0.15, 0.2) is 36.5 Å². The molecule has 6 rings (SSSR count). The van der Waals surface area contributed by atoms with Gasteiger partial charge in [0.15, 0.2) is 5.65 Å². The molecule has 2 fully saturated rings. The monoisotopic (exact) mass is 460 g/mol. The van der Waals surface area contributed by atoms with Crippen molar-refractivity contribution in [3.05, 3.63) is 53.7 Å². The standard InChI is InChI=1S/C23H21FN8S/c1-13-26-23(33-30-13)32-17-5-6-18(32)11-16(10-17)27-22-28-21-19(3-2-8-31(21)29-22)14-4-7-20(24)15(9-14)12-25/h2-4,7-9,16-18H,5-6,10-11H2,1H3,(H,27,29). The van der Waals surface area contributed by atoms with Crippen LogP contribution in [0, 0.1) is 24.1 Å². The molecule has 1 N–H and O–H groups in total. The molecule has 0 spiro atoms. The Kier molecular flexibility index (Phi) is 4.73. The van der Waals surface area contributed by atoms with Crippen LogP contribution in [0.4, 0.5) is 15.5 Å². The molecule has 2 saturated heterocycles. The smallest absolute Gasteiger partial charge is 0.243 e. The van der Waals surface area contributed by atoms with E-state index in [1.54, 1.807) is 16.6 Å². The van der Waals surface area contributed by atoms with Crippen LogP contribution in [-0.2, 0) is 0 Å². The van der Waals surface area contributed by atoms with E-state index < -0.39 is 5.82 Å². The highest BCUT2D eigenvalue weighted by molar-refractivity contribution is 7.09. The number of hydrogen-bond donors (Lipinski definition) is 1. The molecule has 0 amide bonds. The second kappa shape index (κ2) is 7.78. The van der Waals surface area contributed by atoms with Crippen LogP contribution < -0.4 is 10.2 Å². The summed E-state index contributed by atoms with van der Waals surface area (Å²) in [5.41, 5.74) is 2.22. The fourth-order valence-electron chi connectivity index (χ4n) is 5.15. The number of piperidine rings is 1. The lowest BCUT2D eigenvalue weighted by Crippen LogP contribution is -2.47. The Morgan fingerprint density at radius 2 is 2.00 bits per heavy atom. The number of aryl methyl sites for hydroxylation is 1. The Hall–Kier alpha value is -3.58. The van der Waals surface area contributed by atoms with Gasteiger partial charge in [-0.15, -0.1) is 5.10 Å². The van der Waals surface area contributed by atoms with Crippen molar-refractivity contribution in [1.29, 1.82) is 5.26 Å². The van der Waals surface area contributed by atoms with Crippen LogP contribution in [0.5, 0.6) is 0 Å². The maximum atomic E-state index is 13.8. The van der Waals surface area contributed by atoms with E-state index in [0.29, 0.717) is 23.7 Å². The highest BCUT2D eigenvalue weighted by Gasteiger charge is 2.42. The van der Waals surface area contributed by atoms with Crippen LogP contribution in [0.25, 0.3) is 16.8 Å². The third-order valence-electron chi connectivity index (χ3n) is 6.56. The summed E-state index contributed by atoms with van der Waals surface area (Å²) >= 11 is 1.49. The van der Waals surface area contributed by atoms with Crippen LogP contribution in [0.3, 0.4) is 0 Å². The van der Waals surface area contributed by atoms with E-state index >= 15 is 0 Å². The molecule has 3 aromatic heterocycles. The van der Waals surface area contributed by atoms with Gasteiger partial charge in [-0.3, -0.25) is 0 Å². The molecule has 166 valence electrons. The molecule has 5 heterocycles. The summed E-state index contributed by atoms with van der Waals surface area (Å²) in [4.78, 5) is 11.8. The van der Waals surface area contributed by atoms with Crippen molar-refractivity contribution in [3.63, 3.8) is 0 Å². The normalized spacial score (nSPS) is 22.0. The van der Waals surface area contributed by atoms with E-state index in [1.165, 1.54) is 17.6 Å². The first-order valence-corrected chi connectivity index (χ1v) is 11.8. The van der Waals surface area contributed by atoms with Gasteiger partial charge in [0.2, 0.25) is 11.1 Å². The molecule has 0 saturated carbocycles. The number of nitrogens with one attached hydrogen (secondary N) is 1. The minimum Gasteiger partial charge on any atom is -0.350 e. The molecule has 2 aliphatic rings. The van der Waals surface area contributed by atoms with E-state index in [2.05, 4.69) is 24.7 Å². The Bertz CT molecular complexity index is 1370. The third kappa shape index (κ3) is 3.49. The Morgan fingerprint density at radius 3 is 2.73 bits per heavy atom. The zero-order valence-electron chi connectivity index (χ0n) is 17.9. The summed E-state index contributed by atoms with van der Waals surface area (Å²) in [5.74, 6) is 0.888. The van der Waals surface area contributed by atoms with E-state index in [0.717, 1.165) is 47.8 Å². The summed E-state index contributed by atoms with van der Waals surface area (Å²) in [6.07, 6.45) is 6.17. The van der Waals surface area contributed by atoms with Crippen molar-refractivity contribution in [3.8, 4) is 17.2 Å². The molecule has 0 radical (unpaired) electrons. The van der Waals surface area contributed by atoms with Crippen LogP contribution in [-0.4, -0.2) is 42.1 Å². The maximum absolute atomic E-state index is 13.8. The SMILES string of the molecule is Cc1nsc(N2C3CCC2CC(Nc2nc4c(-c5ccc(F)c(C#N)c5)cccn4n2)C3)n1. The lowest BCUT2D eigenvalue weighted by molar-refractivity contribution is 0.431. The predicted molar refractivity (Wildman–Crippen MR) is 124 cm³/mol. The molecule has 33 heavy (non-hydrogen) atoms. The van der Waals surface area contributed by atoms with Crippen LogP contribution in [0.2, 0.25) is 0 Å². The van der Waals surface area contributed by atoms with Crippen molar-refractivity contribution < 1.29 is 4.39 Å². The molecule has 8 nitrogen and oxygen atoms in total. The average Bonchev–Trinajstić information content (AvgIpc) is 3.49. The van der Waals surface area contributed by atoms with Gasteiger partial charge in [0.05, 0.1) is 5.56 Å². The van der Waals surface area contributed by atoms with Gasteiger partial charge in [-0.1, -0.05) is 6.07 Å². The zero-order valence-corrected chi connectivity index (χ0v) is 18.8. The minimum absolute atomic E-state index is 0.0141. The molecule has 10 heteroatoms. The molecular formula is C23H21FN8S. The van der Waals surface area contributed by atoms with Gasteiger partial charge in [-0.05, 0) is 62.4 Å². The Morgan fingerprint density at radius 1 is 1.18 bits per heavy atom. The van der Waals surface area contributed by atoms with E-state index in [-0.39, 0.29) is 11.6 Å². The van der Waals surface area contributed by atoms with Gasteiger partial charge >= 0.3 is 0 Å². The number of nitriles is 1. The predicted octanol–water partition coefficient (Wildman–Crippen LogP) is 4.18. The number of nitrogens with zero attached hydrogens (tertiary/aromatic N) is 7. The summed E-state index contributed by atoms with van der Waals surface area (Å²) in [6, 6.07) is 11.4. The average molecular weight is 461 g/mol. The third-order valence-corrected chi connectivity index (χ3v) is 7.39. The number of pyridine rings is 1. The second-order valence-electron chi connectivity index (χ2n) is 8.66. The largest absolute Gasteiger partial charge is 0.350 e. The van der Waals surface area contributed by atoms with Gasteiger partial charge in [-0.2, -0.15) is 14.6 Å². The topological polar surface area (TPSA) is 95.0 Å². The van der Waals surface area contributed by atoms with Crippen molar-refractivity contribution in [1.82, 2.24) is 24.0 Å². The lowest BCUT2D eigenvalue weighted by Gasteiger charge is -2.38. The molecule has 2 unspecified atom stereocenters. The lowest BCUT2D eigenvalue weighted by atomic mass is 9.98. The van der Waals surface area contributed by atoms with Crippen LogP contribution in [0.1, 0.15) is 37.1 Å². The molecule has 1 aromatic carbocycles.